The van der Waals surface area contributed by atoms with Gasteiger partial charge in [-0.15, -0.1) is 0 Å². The minimum Gasteiger partial charge on any atom is -0.374 e. The second-order valence-electron chi connectivity index (χ2n) is 3.36. The molecule has 0 heterocycles. The van der Waals surface area contributed by atoms with E-state index in [0.717, 1.165) is 6.07 Å². The van der Waals surface area contributed by atoms with Gasteiger partial charge in [-0.05, 0) is 0 Å². The van der Waals surface area contributed by atoms with Gasteiger partial charge in [-0.3, -0.25) is 4.79 Å². The highest BCUT2D eigenvalue weighted by Gasteiger charge is 2.11. The molecule has 0 saturated carbocycles. The van der Waals surface area contributed by atoms with Crippen LogP contribution in [0, 0.1) is 28.8 Å². The quantitative estimate of drug-likeness (QED) is 0.621. The molecule has 0 bridgehead atoms. The second kappa shape index (κ2) is 6.49. The van der Waals surface area contributed by atoms with Gasteiger partial charge >= 0.3 is 0 Å². The number of anilines is 1. The molecule has 1 aromatic carbocycles. The van der Waals surface area contributed by atoms with Crippen molar-refractivity contribution < 1.29 is 18.0 Å². The van der Waals surface area contributed by atoms with Crippen molar-refractivity contribution in [1.29, 1.82) is 5.26 Å². The van der Waals surface area contributed by atoms with E-state index < -0.39 is 29.0 Å². The van der Waals surface area contributed by atoms with Crippen molar-refractivity contribution in [3.8, 4) is 6.07 Å². The third-order valence-corrected chi connectivity index (χ3v) is 1.99. The van der Waals surface area contributed by atoms with Crippen LogP contribution in [0.5, 0.6) is 0 Å². The number of hydrogen-bond donors (Lipinski definition) is 2. The Balaban J connectivity index is 2.54. The zero-order valence-corrected chi connectivity index (χ0v) is 9.27. The van der Waals surface area contributed by atoms with Crippen LogP contribution in [0.2, 0.25) is 0 Å². The van der Waals surface area contributed by atoms with Gasteiger partial charge in [0, 0.05) is 18.7 Å². The van der Waals surface area contributed by atoms with Gasteiger partial charge in [0.05, 0.1) is 24.7 Å². The minimum atomic E-state index is -1.33. The third kappa shape index (κ3) is 3.97. The van der Waals surface area contributed by atoms with E-state index in [-0.39, 0.29) is 19.5 Å². The van der Waals surface area contributed by atoms with E-state index in [4.69, 9.17) is 5.26 Å². The number of nitrogens with one attached hydrogen (secondary N) is 2. The minimum absolute atomic E-state index is 0.148. The average Bonchev–Trinajstić information content (AvgIpc) is 2.32. The fraction of sp³-hybridized carbons (Fsp3) is 0.273. The molecule has 0 aromatic heterocycles. The number of amides is 1. The number of carbonyl (C=O) groups excluding carboxylic acids is 1. The van der Waals surface area contributed by atoms with Gasteiger partial charge in [-0.2, -0.15) is 5.26 Å². The molecule has 4 nitrogen and oxygen atoms in total. The van der Waals surface area contributed by atoms with Gasteiger partial charge in [0.25, 0.3) is 0 Å². The first-order valence-corrected chi connectivity index (χ1v) is 5.06. The molecule has 0 spiro atoms. The normalized spacial score (nSPS) is 9.67. The molecule has 0 radical (unpaired) electrons. The summed E-state index contributed by atoms with van der Waals surface area (Å²) >= 11 is 0. The molecule has 1 rings (SSSR count). The maximum absolute atomic E-state index is 13.2. The molecule has 0 unspecified atom stereocenters. The van der Waals surface area contributed by atoms with Crippen LogP contribution in [0.4, 0.5) is 18.9 Å². The highest BCUT2D eigenvalue weighted by Crippen LogP contribution is 2.18. The van der Waals surface area contributed by atoms with E-state index in [9.17, 15) is 18.0 Å². The summed E-state index contributed by atoms with van der Waals surface area (Å²) < 4.78 is 38.8. The SMILES string of the molecule is N#CCCNC(=O)CNc1cc(F)cc(F)c1F. The van der Waals surface area contributed by atoms with Crippen molar-refractivity contribution in [2.45, 2.75) is 6.42 Å². The lowest BCUT2D eigenvalue weighted by Crippen LogP contribution is -2.30. The van der Waals surface area contributed by atoms with Crippen molar-refractivity contribution in [3.63, 3.8) is 0 Å². The van der Waals surface area contributed by atoms with Crippen LogP contribution in [-0.4, -0.2) is 19.0 Å². The number of rotatable bonds is 5. The van der Waals surface area contributed by atoms with Gasteiger partial charge in [0.1, 0.15) is 5.82 Å². The number of halogens is 3. The maximum atomic E-state index is 13.2. The molecular formula is C11H10F3N3O. The van der Waals surface area contributed by atoms with E-state index in [0.29, 0.717) is 6.07 Å². The molecule has 0 aliphatic heterocycles. The Morgan fingerprint density at radius 2 is 2.06 bits per heavy atom. The van der Waals surface area contributed by atoms with Crippen LogP contribution < -0.4 is 10.6 Å². The molecule has 0 aliphatic carbocycles. The predicted molar refractivity (Wildman–Crippen MR) is 58.0 cm³/mol. The zero-order valence-electron chi connectivity index (χ0n) is 9.27. The van der Waals surface area contributed by atoms with Crippen LogP contribution in [-0.2, 0) is 4.79 Å². The molecule has 2 N–H and O–H groups in total. The fourth-order valence-corrected chi connectivity index (χ4v) is 1.18. The first-order chi connectivity index (χ1) is 8.54. The van der Waals surface area contributed by atoms with Gasteiger partial charge < -0.3 is 10.6 Å². The van der Waals surface area contributed by atoms with E-state index in [2.05, 4.69) is 10.6 Å². The summed E-state index contributed by atoms with van der Waals surface area (Å²) in [6.07, 6.45) is 0.148. The fourth-order valence-electron chi connectivity index (χ4n) is 1.18. The average molecular weight is 257 g/mol. The molecule has 1 amide bonds. The Kier molecular flexibility index (Phi) is 4.99. The Hall–Kier alpha value is -2.23. The summed E-state index contributed by atoms with van der Waals surface area (Å²) in [6.45, 7) is -0.178. The highest BCUT2D eigenvalue weighted by molar-refractivity contribution is 5.80. The molecule has 0 fully saturated rings. The first kappa shape index (κ1) is 13.8. The molecule has 0 aliphatic rings. The van der Waals surface area contributed by atoms with Gasteiger partial charge in [0.15, 0.2) is 11.6 Å². The van der Waals surface area contributed by atoms with Crippen molar-refractivity contribution in [1.82, 2.24) is 5.32 Å². The van der Waals surface area contributed by atoms with Crippen molar-refractivity contribution in [3.05, 3.63) is 29.6 Å². The molecule has 1 aromatic rings. The van der Waals surface area contributed by atoms with Crippen LogP contribution in [0.25, 0.3) is 0 Å². The lowest BCUT2D eigenvalue weighted by molar-refractivity contribution is -0.119. The van der Waals surface area contributed by atoms with E-state index >= 15 is 0 Å². The van der Waals surface area contributed by atoms with Gasteiger partial charge in [-0.25, -0.2) is 13.2 Å². The Morgan fingerprint density at radius 3 is 2.72 bits per heavy atom. The van der Waals surface area contributed by atoms with Crippen LogP contribution >= 0.6 is 0 Å². The monoisotopic (exact) mass is 257 g/mol. The molecular weight excluding hydrogens is 247 g/mol. The van der Waals surface area contributed by atoms with Crippen LogP contribution in [0.15, 0.2) is 12.1 Å². The lowest BCUT2D eigenvalue weighted by Gasteiger charge is -2.08. The molecule has 0 atom stereocenters. The summed E-state index contributed by atoms with van der Waals surface area (Å²) in [5.74, 6) is -4.03. The zero-order chi connectivity index (χ0) is 13.5. The number of carbonyl (C=O) groups is 1. The summed E-state index contributed by atoms with van der Waals surface area (Å²) in [6, 6.07) is 2.99. The molecule has 0 saturated heterocycles. The molecule has 18 heavy (non-hydrogen) atoms. The Morgan fingerprint density at radius 1 is 1.33 bits per heavy atom. The smallest absolute Gasteiger partial charge is 0.239 e. The van der Waals surface area contributed by atoms with Gasteiger partial charge in [-0.1, -0.05) is 0 Å². The largest absolute Gasteiger partial charge is 0.374 e. The summed E-state index contributed by atoms with van der Waals surface area (Å²) in [5, 5.41) is 12.9. The Labute approximate surface area is 101 Å². The number of nitrogens with zero attached hydrogens (tertiary/aromatic N) is 1. The standard InChI is InChI=1S/C11H10F3N3O/c12-7-4-8(13)11(14)9(5-7)17-6-10(18)16-3-1-2-15/h4-5,17H,1,3,6H2,(H,16,18). The van der Waals surface area contributed by atoms with Crippen LogP contribution in [0.3, 0.4) is 0 Å². The molecule has 96 valence electrons. The van der Waals surface area contributed by atoms with Gasteiger partial charge in [0.2, 0.25) is 5.91 Å². The first-order valence-electron chi connectivity index (χ1n) is 5.06. The highest BCUT2D eigenvalue weighted by atomic mass is 19.2. The maximum Gasteiger partial charge on any atom is 0.239 e. The Bertz CT molecular complexity index is 485. The summed E-state index contributed by atoms with van der Waals surface area (Å²) in [5.41, 5.74) is -0.428. The van der Waals surface area contributed by atoms with Crippen molar-refractivity contribution >= 4 is 11.6 Å². The summed E-state index contributed by atoms with van der Waals surface area (Å²) in [7, 11) is 0. The van der Waals surface area contributed by atoms with Crippen molar-refractivity contribution in [2.75, 3.05) is 18.4 Å². The van der Waals surface area contributed by atoms with E-state index in [1.165, 1.54) is 0 Å². The van der Waals surface area contributed by atoms with Crippen molar-refractivity contribution in [2.24, 2.45) is 0 Å². The number of benzene rings is 1. The third-order valence-electron chi connectivity index (χ3n) is 1.99. The number of nitriles is 1. The topological polar surface area (TPSA) is 64.9 Å². The molecule has 7 heteroatoms. The van der Waals surface area contributed by atoms with E-state index in [1.807, 2.05) is 6.07 Å². The lowest BCUT2D eigenvalue weighted by atomic mass is 10.3. The van der Waals surface area contributed by atoms with Crippen LogP contribution in [0.1, 0.15) is 6.42 Å². The van der Waals surface area contributed by atoms with E-state index in [1.54, 1.807) is 0 Å². The number of hydrogen-bond acceptors (Lipinski definition) is 3. The summed E-state index contributed by atoms with van der Waals surface area (Å²) in [4.78, 5) is 11.2. The second-order valence-corrected chi connectivity index (χ2v) is 3.36. The predicted octanol–water partition coefficient (Wildman–Crippen LogP) is 1.55.